The molecule has 0 unspecified atom stereocenters. The van der Waals surface area contributed by atoms with Crippen molar-refractivity contribution in [1.82, 2.24) is 5.32 Å². The minimum atomic E-state index is -0.107. The number of rotatable bonds is 4. The quantitative estimate of drug-likeness (QED) is 0.583. The van der Waals surface area contributed by atoms with Crippen molar-refractivity contribution in [1.29, 1.82) is 0 Å². The van der Waals surface area contributed by atoms with Crippen molar-refractivity contribution in [2.24, 2.45) is 11.8 Å². The lowest BCUT2D eigenvalue weighted by atomic mass is 9.95. The van der Waals surface area contributed by atoms with E-state index in [1.165, 1.54) is 25.7 Å². The molecule has 0 saturated heterocycles. The molecule has 0 spiro atoms. The maximum Gasteiger partial charge on any atom is 0.0607 e. The van der Waals surface area contributed by atoms with E-state index in [1.807, 2.05) is 0 Å². The minimum Gasteiger partial charge on any atom is -0.395 e. The second-order valence-electron chi connectivity index (χ2n) is 4.51. The minimum absolute atomic E-state index is 0.0460. The van der Waals surface area contributed by atoms with Gasteiger partial charge in [0.15, 0.2) is 0 Å². The highest BCUT2D eigenvalue weighted by atomic mass is 16.3. The molecule has 0 amide bonds. The maximum atomic E-state index is 8.93. The Kier molecular flexibility index (Phi) is 2.86. The molecule has 2 bridgehead atoms. The smallest absolute Gasteiger partial charge is 0.0607 e. The SMILES string of the molecule is OCC(CO)N[C@H]1C[C@@H]2CC[C@H]1C2. The summed E-state index contributed by atoms with van der Waals surface area (Å²) in [5, 5.41) is 21.2. The first-order valence-electron chi connectivity index (χ1n) is 5.31. The normalized spacial score (nSPS) is 37.6. The maximum absolute atomic E-state index is 8.93. The Labute approximate surface area is 79.2 Å². The van der Waals surface area contributed by atoms with Gasteiger partial charge in [-0.25, -0.2) is 0 Å². The Balaban J connectivity index is 1.82. The van der Waals surface area contributed by atoms with Crippen LogP contribution in [-0.4, -0.2) is 35.5 Å². The number of aliphatic hydroxyl groups excluding tert-OH is 2. The highest BCUT2D eigenvalue weighted by Crippen LogP contribution is 2.44. The van der Waals surface area contributed by atoms with E-state index in [0.29, 0.717) is 6.04 Å². The van der Waals surface area contributed by atoms with Gasteiger partial charge in [-0.05, 0) is 31.1 Å². The molecule has 2 saturated carbocycles. The van der Waals surface area contributed by atoms with E-state index in [1.54, 1.807) is 0 Å². The molecule has 2 aliphatic rings. The summed E-state index contributed by atoms with van der Waals surface area (Å²) in [5.41, 5.74) is 0. The van der Waals surface area contributed by atoms with Crippen LogP contribution in [0.15, 0.2) is 0 Å². The van der Waals surface area contributed by atoms with Crippen LogP contribution < -0.4 is 5.32 Å². The summed E-state index contributed by atoms with van der Waals surface area (Å²) in [5.74, 6) is 1.73. The molecular formula is C10H19NO2. The van der Waals surface area contributed by atoms with Gasteiger partial charge in [-0.3, -0.25) is 0 Å². The largest absolute Gasteiger partial charge is 0.395 e. The molecule has 0 radical (unpaired) electrons. The second-order valence-corrected chi connectivity index (χ2v) is 4.51. The second kappa shape index (κ2) is 3.95. The van der Waals surface area contributed by atoms with E-state index in [4.69, 9.17) is 10.2 Å². The van der Waals surface area contributed by atoms with Crippen LogP contribution in [0.25, 0.3) is 0 Å². The molecule has 3 heteroatoms. The van der Waals surface area contributed by atoms with E-state index in [-0.39, 0.29) is 19.3 Å². The van der Waals surface area contributed by atoms with Crippen molar-refractivity contribution in [3.05, 3.63) is 0 Å². The summed E-state index contributed by atoms with van der Waals surface area (Å²) in [4.78, 5) is 0. The highest BCUT2D eigenvalue weighted by molar-refractivity contribution is 4.95. The Morgan fingerprint density at radius 3 is 2.38 bits per heavy atom. The van der Waals surface area contributed by atoms with Gasteiger partial charge in [0.25, 0.3) is 0 Å². The molecule has 0 aromatic carbocycles. The fourth-order valence-corrected chi connectivity index (χ4v) is 2.91. The molecule has 0 aromatic rings. The number of nitrogens with one attached hydrogen (secondary N) is 1. The molecule has 76 valence electrons. The number of fused-ring (bicyclic) bond motifs is 2. The van der Waals surface area contributed by atoms with E-state index in [0.717, 1.165) is 11.8 Å². The van der Waals surface area contributed by atoms with E-state index < -0.39 is 0 Å². The van der Waals surface area contributed by atoms with E-state index in [2.05, 4.69) is 5.32 Å². The standard InChI is InChI=1S/C10H19NO2/c12-5-9(6-13)11-10-4-7-1-2-8(10)3-7/h7-13H,1-6H2/t7-,8+,10+/m1/s1. The lowest BCUT2D eigenvalue weighted by Gasteiger charge is -2.26. The first kappa shape index (κ1) is 9.44. The average molecular weight is 185 g/mol. The Bertz CT molecular complexity index is 170. The summed E-state index contributed by atoms with van der Waals surface area (Å²) in [6, 6.07) is 0.451. The fourth-order valence-electron chi connectivity index (χ4n) is 2.91. The summed E-state index contributed by atoms with van der Waals surface area (Å²) < 4.78 is 0. The monoisotopic (exact) mass is 185 g/mol. The van der Waals surface area contributed by atoms with Crippen molar-refractivity contribution in [2.75, 3.05) is 13.2 Å². The van der Waals surface area contributed by atoms with Crippen molar-refractivity contribution in [2.45, 2.75) is 37.8 Å². The number of hydrogen-bond acceptors (Lipinski definition) is 3. The molecule has 3 nitrogen and oxygen atoms in total. The molecule has 0 heterocycles. The first-order chi connectivity index (χ1) is 6.33. The van der Waals surface area contributed by atoms with Crippen LogP contribution in [0.4, 0.5) is 0 Å². The van der Waals surface area contributed by atoms with Gasteiger partial charge in [-0.2, -0.15) is 0 Å². The molecule has 3 atom stereocenters. The molecule has 2 aliphatic carbocycles. The molecule has 0 aromatic heterocycles. The third kappa shape index (κ3) is 1.87. The lowest BCUT2D eigenvalue weighted by Crippen LogP contribution is -2.45. The summed E-state index contributed by atoms with van der Waals surface area (Å²) in [7, 11) is 0. The van der Waals surface area contributed by atoms with Crippen LogP contribution in [0.5, 0.6) is 0 Å². The van der Waals surface area contributed by atoms with Gasteiger partial charge < -0.3 is 15.5 Å². The van der Waals surface area contributed by atoms with Crippen LogP contribution >= 0.6 is 0 Å². The lowest BCUT2D eigenvalue weighted by molar-refractivity contribution is 0.152. The Morgan fingerprint density at radius 1 is 1.15 bits per heavy atom. The van der Waals surface area contributed by atoms with Crippen LogP contribution in [0, 0.1) is 11.8 Å². The topological polar surface area (TPSA) is 52.5 Å². The Hall–Kier alpha value is -0.120. The molecule has 2 rings (SSSR count). The third-order valence-electron chi connectivity index (χ3n) is 3.63. The molecule has 13 heavy (non-hydrogen) atoms. The van der Waals surface area contributed by atoms with Gasteiger partial charge in [0, 0.05) is 6.04 Å². The highest BCUT2D eigenvalue weighted by Gasteiger charge is 2.39. The van der Waals surface area contributed by atoms with E-state index in [9.17, 15) is 0 Å². The fraction of sp³-hybridized carbons (Fsp3) is 1.00. The zero-order valence-electron chi connectivity index (χ0n) is 7.95. The van der Waals surface area contributed by atoms with Crippen molar-refractivity contribution in [3.8, 4) is 0 Å². The van der Waals surface area contributed by atoms with Gasteiger partial charge in [0.05, 0.1) is 19.3 Å². The van der Waals surface area contributed by atoms with Crippen LogP contribution in [0.3, 0.4) is 0 Å². The summed E-state index contributed by atoms with van der Waals surface area (Å²) >= 11 is 0. The Morgan fingerprint density at radius 2 is 1.92 bits per heavy atom. The van der Waals surface area contributed by atoms with Gasteiger partial charge in [-0.1, -0.05) is 6.42 Å². The van der Waals surface area contributed by atoms with Crippen LogP contribution in [0.2, 0.25) is 0 Å². The molecular weight excluding hydrogens is 166 g/mol. The van der Waals surface area contributed by atoms with Crippen molar-refractivity contribution < 1.29 is 10.2 Å². The number of hydrogen-bond donors (Lipinski definition) is 3. The van der Waals surface area contributed by atoms with Gasteiger partial charge in [0.1, 0.15) is 0 Å². The average Bonchev–Trinajstić information content (AvgIpc) is 2.75. The summed E-state index contributed by atoms with van der Waals surface area (Å²) in [6.45, 7) is 0.0920. The van der Waals surface area contributed by atoms with Gasteiger partial charge in [-0.15, -0.1) is 0 Å². The van der Waals surface area contributed by atoms with Crippen molar-refractivity contribution >= 4 is 0 Å². The predicted molar refractivity (Wildman–Crippen MR) is 50.3 cm³/mol. The molecule has 3 N–H and O–H groups in total. The van der Waals surface area contributed by atoms with Gasteiger partial charge in [0.2, 0.25) is 0 Å². The van der Waals surface area contributed by atoms with Crippen molar-refractivity contribution in [3.63, 3.8) is 0 Å². The molecule has 0 aliphatic heterocycles. The van der Waals surface area contributed by atoms with Crippen LogP contribution in [0.1, 0.15) is 25.7 Å². The predicted octanol–water partition coefficient (Wildman–Crippen LogP) is 0.118. The first-order valence-corrected chi connectivity index (χ1v) is 5.31. The van der Waals surface area contributed by atoms with E-state index >= 15 is 0 Å². The zero-order valence-corrected chi connectivity index (χ0v) is 7.95. The molecule has 2 fully saturated rings. The van der Waals surface area contributed by atoms with Crippen LogP contribution in [-0.2, 0) is 0 Å². The summed E-state index contributed by atoms with van der Waals surface area (Å²) in [6.07, 6.45) is 5.35. The third-order valence-corrected chi connectivity index (χ3v) is 3.63. The van der Waals surface area contributed by atoms with Gasteiger partial charge >= 0.3 is 0 Å². The number of aliphatic hydroxyl groups is 2. The zero-order chi connectivity index (χ0) is 9.26.